The average Bonchev–Trinajstić information content (AvgIpc) is 2.15. The van der Waals surface area contributed by atoms with Crippen LogP contribution in [0, 0.1) is 0 Å². The third-order valence-corrected chi connectivity index (χ3v) is 1.88. The topological polar surface area (TPSA) is 117 Å². The number of aliphatic hydroxyl groups is 2. The fraction of sp³-hybridized carbons (Fsp3) is 1.00. The molecule has 0 atom stereocenters. The minimum absolute atomic E-state index is 0. The van der Waals surface area contributed by atoms with E-state index < -0.39 is 15.9 Å². The van der Waals surface area contributed by atoms with Crippen molar-refractivity contribution in [3.8, 4) is 0 Å². The summed E-state index contributed by atoms with van der Waals surface area (Å²) in [5.74, 6) is -0.566. The molecule has 0 aliphatic carbocycles. The van der Waals surface area contributed by atoms with E-state index in [0.717, 1.165) is 5.23 Å². The standard InChI is InChI=1S/C6H15NO7S.Na.H/c8-2-4-13-7(14-5-3-9)1-6-15(10,11)12;;/h8-9H,1-6H2,(H,10,11,12);;. The fourth-order valence-corrected chi connectivity index (χ4v) is 1.02. The van der Waals surface area contributed by atoms with Crippen molar-refractivity contribution >= 4 is 39.7 Å². The van der Waals surface area contributed by atoms with E-state index in [2.05, 4.69) is 0 Å². The van der Waals surface area contributed by atoms with Gasteiger partial charge in [0.1, 0.15) is 0 Å². The van der Waals surface area contributed by atoms with Crippen LogP contribution >= 0.6 is 0 Å². The normalized spacial score (nSPS) is 11.5. The number of hydroxylamine groups is 2. The van der Waals surface area contributed by atoms with E-state index in [1.807, 2.05) is 0 Å². The molecule has 0 aliphatic heterocycles. The second-order valence-electron chi connectivity index (χ2n) is 2.46. The number of hydrogen-bond acceptors (Lipinski definition) is 7. The Balaban J connectivity index is 0. The van der Waals surface area contributed by atoms with E-state index in [0.29, 0.717) is 0 Å². The number of aliphatic hydroxyl groups excluding tert-OH is 2. The van der Waals surface area contributed by atoms with Crippen LogP contribution in [0.3, 0.4) is 0 Å². The third kappa shape index (κ3) is 12.8. The van der Waals surface area contributed by atoms with Crippen LogP contribution in [0.2, 0.25) is 0 Å². The SMILES string of the molecule is O=S(=O)(O)CCN(OCCO)OCCO.[NaH]. The number of hydrogen-bond donors (Lipinski definition) is 3. The van der Waals surface area contributed by atoms with Crippen LogP contribution in [-0.2, 0) is 19.8 Å². The molecule has 0 aromatic rings. The zero-order valence-electron chi connectivity index (χ0n) is 8.07. The first-order valence-electron chi connectivity index (χ1n) is 4.20. The summed E-state index contributed by atoms with van der Waals surface area (Å²) in [6, 6.07) is 0. The van der Waals surface area contributed by atoms with Crippen molar-refractivity contribution in [2.75, 3.05) is 38.7 Å². The molecule has 0 saturated heterocycles. The maximum atomic E-state index is 10.4. The van der Waals surface area contributed by atoms with Crippen LogP contribution in [0.1, 0.15) is 0 Å². The summed E-state index contributed by atoms with van der Waals surface area (Å²) in [5.41, 5.74) is 0. The molecule has 0 bridgehead atoms. The summed E-state index contributed by atoms with van der Waals surface area (Å²) in [6.45, 7) is -0.887. The molecule has 0 unspecified atom stereocenters. The first-order valence-corrected chi connectivity index (χ1v) is 5.80. The van der Waals surface area contributed by atoms with Crippen LogP contribution in [0.5, 0.6) is 0 Å². The van der Waals surface area contributed by atoms with E-state index in [1.54, 1.807) is 0 Å². The fourth-order valence-electron chi connectivity index (χ4n) is 0.642. The van der Waals surface area contributed by atoms with Gasteiger partial charge in [-0.1, -0.05) is 5.23 Å². The van der Waals surface area contributed by atoms with Crippen molar-refractivity contribution in [3.05, 3.63) is 0 Å². The Morgan fingerprint density at radius 1 is 1.06 bits per heavy atom. The summed E-state index contributed by atoms with van der Waals surface area (Å²) in [7, 11) is -4.10. The Labute approximate surface area is 116 Å². The molecule has 0 saturated carbocycles. The van der Waals surface area contributed by atoms with Gasteiger partial charge in [-0.3, -0.25) is 14.2 Å². The molecule has 94 valence electrons. The van der Waals surface area contributed by atoms with Crippen LogP contribution in [0.4, 0.5) is 0 Å². The van der Waals surface area contributed by atoms with Crippen molar-refractivity contribution < 1.29 is 32.9 Å². The van der Waals surface area contributed by atoms with E-state index in [1.165, 1.54) is 0 Å². The van der Waals surface area contributed by atoms with E-state index in [9.17, 15) is 8.42 Å². The van der Waals surface area contributed by atoms with Gasteiger partial charge in [-0.25, -0.2) is 0 Å². The summed E-state index contributed by atoms with van der Waals surface area (Å²) in [5, 5.41) is 17.7. The summed E-state index contributed by atoms with van der Waals surface area (Å²) >= 11 is 0. The summed E-state index contributed by atoms with van der Waals surface area (Å²) in [6.07, 6.45) is 0. The van der Waals surface area contributed by atoms with Gasteiger partial charge in [-0.15, -0.1) is 0 Å². The molecule has 0 aliphatic rings. The number of nitrogens with zero attached hydrogens (tertiary/aromatic N) is 1. The van der Waals surface area contributed by atoms with Crippen molar-refractivity contribution in [3.63, 3.8) is 0 Å². The van der Waals surface area contributed by atoms with Crippen molar-refractivity contribution in [2.24, 2.45) is 0 Å². The molecule has 0 rings (SSSR count). The van der Waals surface area contributed by atoms with E-state index in [-0.39, 0.29) is 62.5 Å². The van der Waals surface area contributed by atoms with Crippen molar-refractivity contribution in [1.82, 2.24) is 5.23 Å². The van der Waals surface area contributed by atoms with Gasteiger partial charge in [0.15, 0.2) is 0 Å². The van der Waals surface area contributed by atoms with Gasteiger partial charge in [0.2, 0.25) is 0 Å². The molecule has 0 amide bonds. The number of rotatable bonds is 9. The average molecular weight is 269 g/mol. The first kappa shape index (κ1) is 19.1. The Morgan fingerprint density at radius 2 is 1.50 bits per heavy atom. The van der Waals surface area contributed by atoms with E-state index in [4.69, 9.17) is 24.4 Å². The van der Waals surface area contributed by atoms with Gasteiger partial charge < -0.3 is 10.2 Å². The van der Waals surface area contributed by atoms with E-state index >= 15 is 0 Å². The van der Waals surface area contributed by atoms with Crippen LogP contribution < -0.4 is 0 Å². The molecule has 3 N–H and O–H groups in total. The van der Waals surface area contributed by atoms with Crippen LogP contribution in [-0.4, -0.2) is 96.7 Å². The Kier molecular flexibility index (Phi) is 12.9. The molecular weight excluding hydrogens is 253 g/mol. The van der Waals surface area contributed by atoms with Crippen LogP contribution in [0.15, 0.2) is 0 Å². The first-order chi connectivity index (χ1) is 6.99. The van der Waals surface area contributed by atoms with Gasteiger partial charge in [0.05, 0.1) is 38.7 Å². The third-order valence-electron chi connectivity index (χ3n) is 1.18. The predicted molar refractivity (Wildman–Crippen MR) is 56.3 cm³/mol. The predicted octanol–water partition coefficient (Wildman–Crippen LogP) is -2.62. The molecule has 10 heteroatoms. The second-order valence-corrected chi connectivity index (χ2v) is 4.03. The Morgan fingerprint density at radius 3 is 1.81 bits per heavy atom. The van der Waals surface area contributed by atoms with Gasteiger partial charge in [0, 0.05) is 0 Å². The Bertz CT molecular complexity index is 239. The Hall–Kier alpha value is 0.710. The minimum atomic E-state index is -4.10. The molecule has 0 fully saturated rings. The van der Waals surface area contributed by atoms with Crippen molar-refractivity contribution in [1.29, 1.82) is 0 Å². The van der Waals surface area contributed by atoms with Crippen molar-refractivity contribution in [2.45, 2.75) is 0 Å². The summed E-state index contributed by atoms with van der Waals surface area (Å²) in [4.78, 5) is 9.53. The molecule has 0 spiro atoms. The molecule has 8 nitrogen and oxygen atoms in total. The molecule has 16 heavy (non-hydrogen) atoms. The zero-order chi connectivity index (χ0) is 11.7. The molecule has 0 aromatic heterocycles. The molecule has 0 radical (unpaired) electrons. The van der Waals surface area contributed by atoms with Gasteiger partial charge in [-0.2, -0.15) is 8.42 Å². The monoisotopic (exact) mass is 269 g/mol. The maximum absolute atomic E-state index is 10.4. The van der Waals surface area contributed by atoms with Crippen LogP contribution in [0.25, 0.3) is 0 Å². The summed E-state index contributed by atoms with van der Waals surface area (Å²) < 4.78 is 29.3. The molecule has 0 heterocycles. The molecular formula is C6H16NNaO7S. The van der Waals surface area contributed by atoms with Gasteiger partial charge >= 0.3 is 29.6 Å². The van der Waals surface area contributed by atoms with Gasteiger partial charge in [0.25, 0.3) is 10.1 Å². The zero-order valence-corrected chi connectivity index (χ0v) is 8.89. The molecule has 0 aromatic carbocycles. The van der Waals surface area contributed by atoms with Gasteiger partial charge in [-0.05, 0) is 0 Å². The quantitative estimate of drug-likeness (QED) is 0.236. The second kappa shape index (κ2) is 10.8.